The monoisotopic (exact) mass is 447 g/mol. The number of benzene rings is 2. The van der Waals surface area contributed by atoms with Crippen molar-refractivity contribution < 1.29 is 38.8 Å². The number of rotatable bonds is 5. The molecular weight excluding hydrogens is 421 g/mol. The van der Waals surface area contributed by atoms with E-state index in [1.165, 1.54) is 36.3 Å². The van der Waals surface area contributed by atoms with Gasteiger partial charge in [0.1, 0.15) is 17.0 Å². The number of amides is 1. The molecule has 2 aromatic rings. The smallest absolute Gasteiger partial charge is 0.314 e. The second kappa shape index (κ2) is 10.7. The van der Waals surface area contributed by atoms with Gasteiger partial charge >= 0.3 is 5.97 Å². The number of hydrogen-bond acceptors (Lipinski definition) is 5. The number of piperidine rings is 1. The summed E-state index contributed by atoms with van der Waals surface area (Å²) in [6.45, 7) is 1.62. The van der Waals surface area contributed by atoms with Crippen LogP contribution in [0, 0.1) is 18.2 Å². The Balaban J connectivity index is 0.00000114. The zero-order chi connectivity index (χ0) is 23.9. The normalized spacial score (nSPS) is 20.0. The number of ether oxygens (including phenoxy) is 1. The Morgan fingerprint density at radius 2 is 1.88 bits per heavy atom. The van der Waals surface area contributed by atoms with E-state index in [1.54, 1.807) is 25.1 Å². The van der Waals surface area contributed by atoms with Crippen LogP contribution in [0.15, 0.2) is 42.5 Å². The first kappa shape index (κ1) is 24.8. The van der Waals surface area contributed by atoms with Gasteiger partial charge in [-0.1, -0.05) is 24.3 Å². The lowest BCUT2D eigenvalue weighted by atomic mass is 9.72. The van der Waals surface area contributed by atoms with Gasteiger partial charge < -0.3 is 25.0 Å². The number of halogens is 1. The maximum Gasteiger partial charge on any atom is 0.314 e. The number of nitrogens with zero attached hydrogens (tertiary/aromatic N) is 1. The highest BCUT2D eigenvalue weighted by atomic mass is 19.1. The van der Waals surface area contributed by atoms with E-state index in [0.29, 0.717) is 16.9 Å². The molecule has 1 aliphatic heterocycles. The van der Waals surface area contributed by atoms with Gasteiger partial charge in [0, 0.05) is 13.1 Å². The van der Waals surface area contributed by atoms with Crippen LogP contribution < -0.4 is 4.74 Å². The fraction of sp³-hybridized carbons (Fsp3) is 0.348. The maximum absolute atomic E-state index is 13.2. The average molecular weight is 447 g/mol. The molecule has 0 aromatic heterocycles. The van der Waals surface area contributed by atoms with Crippen LogP contribution in [0.2, 0.25) is 0 Å². The molecule has 0 radical (unpaired) electrons. The Morgan fingerprint density at radius 3 is 2.44 bits per heavy atom. The van der Waals surface area contributed by atoms with Crippen molar-refractivity contribution in [1.29, 1.82) is 0 Å². The molecule has 3 N–H and O–H groups in total. The summed E-state index contributed by atoms with van der Waals surface area (Å²) < 4.78 is 18.5. The average Bonchev–Trinajstić information content (AvgIpc) is 2.76. The van der Waals surface area contributed by atoms with E-state index in [9.17, 15) is 24.2 Å². The van der Waals surface area contributed by atoms with Gasteiger partial charge in [0.25, 0.3) is 12.4 Å². The van der Waals surface area contributed by atoms with E-state index < -0.39 is 23.3 Å². The topological polar surface area (TPSA) is 124 Å². The molecule has 8 nitrogen and oxygen atoms in total. The predicted octanol–water partition coefficient (Wildman–Crippen LogP) is 2.36. The van der Waals surface area contributed by atoms with Crippen LogP contribution in [0.25, 0.3) is 0 Å². The highest BCUT2D eigenvalue weighted by Gasteiger charge is 2.50. The van der Waals surface area contributed by atoms with E-state index in [4.69, 9.17) is 14.6 Å². The van der Waals surface area contributed by atoms with Crippen LogP contribution in [-0.2, 0) is 16.0 Å². The van der Waals surface area contributed by atoms with Crippen LogP contribution >= 0.6 is 0 Å². The zero-order valence-electron chi connectivity index (χ0n) is 17.8. The minimum absolute atomic E-state index is 0.0154. The van der Waals surface area contributed by atoms with Gasteiger partial charge in [-0.2, -0.15) is 0 Å². The fourth-order valence-corrected chi connectivity index (χ4v) is 3.92. The zero-order valence-corrected chi connectivity index (χ0v) is 17.8. The molecule has 1 saturated heterocycles. The number of likely N-dealkylation sites (tertiary alicyclic amines) is 1. The largest absolute Gasteiger partial charge is 0.496 e. The number of hydrogen-bond donors (Lipinski definition) is 3. The Hall–Kier alpha value is -3.46. The second-order valence-corrected chi connectivity index (χ2v) is 7.55. The summed E-state index contributed by atoms with van der Waals surface area (Å²) >= 11 is 0. The lowest BCUT2D eigenvalue weighted by Gasteiger charge is -2.43. The third-order valence-electron chi connectivity index (χ3n) is 5.60. The second-order valence-electron chi connectivity index (χ2n) is 7.55. The van der Waals surface area contributed by atoms with E-state index in [1.807, 2.05) is 0 Å². The molecule has 2 atom stereocenters. The van der Waals surface area contributed by atoms with Crippen molar-refractivity contribution >= 4 is 18.3 Å². The molecule has 0 unspecified atom stereocenters. The molecule has 0 saturated carbocycles. The van der Waals surface area contributed by atoms with Crippen LogP contribution in [-0.4, -0.2) is 64.9 Å². The van der Waals surface area contributed by atoms with E-state index in [2.05, 4.69) is 0 Å². The Labute approximate surface area is 184 Å². The number of carboxylic acid groups (broad SMARTS) is 2. The third-order valence-corrected chi connectivity index (χ3v) is 5.60. The maximum atomic E-state index is 13.2. The van der Waals surface area contributed by atoms with Gasteiger partial charge in [-0.3, -0.25) is 14.4 Å². The number of carbonyl (C=O) groups excluding carboxylic acids is 1. The number of carboxylic acids is 1. The summed E-state index contributed by atoms with van der Waals surface area (Å²) in [4.78, 5) is 35.3. The van der Waals surface area contributed by atoms with E-state index in [0.717, 1.165) is 5.56 Å². The number of carbonyl (C=O) groups is 3. The molecule has 0 spiro atoms. The first-order valence-corrected chi connectivity index (χ1v) is 9.86. The van der Waals surface area contributed by atoms with Crippen molar-refractivity contribution in [2.75, 3.05) is 20.2 Å². The van der Waals surface area contributed by atoms with Gasteiger partial charge in [0.2, 0.25) is 0 Å². The molecule has 172 valence electrons. The van der Waals surface area contributed by atoms with Crippen molar-refractivity contribution in [3.63, 3.8) is 0 Å². The van der Waals surface area contributed by atoms with Crippen molar-refractivity contribution in [3.05, 3.63) is 65.0 Å². The van der Waals surface area contributed by atoms with Gasteiger partial charge in [0.05, 0.1) is 18.8 Å². The van der Waals surface area contributed by atoms with Crippen molar-refractivity contribution in [2.45, 2.75) is 25.9 Å². The summed E-state index contributed by atoms with van der Waals surface area (Å²) in [7, 11) is 1.47. The summed E-state index contributed by atoms with van der Waals surface area (Å²) in [6, 6.07) is 10.7. The standard InChI is InChI=1S/C22H24FNO5.CH2O2/c1-14-4-3-5-17(29-2)19(14)20(26)24-11-10-18(25)22(13-24,21(27)28)12-15-6-8-16(23)9-7-15;2-1-3/h3-9,18,25H,10-13H2,1-2H3,(H,27,28);1H,(H,2,3)/t18-,22+;/m0./s1. The number of methoxy groups -OCH3 is 1. The van der Waals surface area contributed by atoms with Gasteiger partial charge in [-0.25, -0.2) is 4.39 Å². The SMILES string of the molecule is COc1cccc(C)c1C(=O)N1CC[C@H](O)[C@](Cc2ccc(F)cc2)(C(=O)O)C1.O=CO. The summed E-state index contributed by atoms with van der Waals surface area (Å²) in [5, 5.41) is 27.5. The quantitative estimate of drug-likeness (QED) is 0.601. The highest BCUT2D eigenvalue weighted by molar-refractivity contribution is 5.98. The molecule has 0 aliphatic carbocycles. The lowest BCUT2D eigenvalue weighted by molar-refractivity contribution is -0.161. The van der Waals surface area contributed by atoms with Gasteiger partial charge in [0.15, 0.2) is 0 Å². The summed E-state index contributed by atoms with van der Waals surface area (Å²) in [5.74, 6) is -1.54. The molecular formula is C23H26FNO7. The van der Waals surface area contributed by atoms with Crippen LogP contribution in [0.5, 0.6) is 5.75 Å². The molecule has 32 heavy (non-hydrogen) atoms. The highest BCUT2D eigenvalue weighted by Crippen LogP contribution is 2.36. The molecule has 9 heteroatoms. The summed E-state index contributed by atoms with van der Waals surface area (Å²) in [5.41, 5.74) is 0.102. The van der Waals surface area contributed by atoms with Crippen LogP contribution in [0.3, 0.4) is 0 Å². The molecule has 1 aliphatic rings. The number of aryl methyl sites for hydroxylation is 1. The molecule has 1 fully saturated rings. The molecule has 1 heterocycles. The molecule has 2 aromatic carbocycles. The van der Waals surface area contributed by atoms with Gasteiger partial charge in [-0.15, -0.1) is 0 Å². The Kier molecular flexibility index (Phi) is 8.31. The fourth-order valence-electron chi connectivity index (χ4n) is 3.92. The van der Waals surface area contributed by atoms with E-state index >= 15 is 0 Å². The number of aliphatic hydroxyl groups is 1. The van der Waals surface area contributed by atoms with E-state index in [-0.39, 0.29) is 38.3 Å². The van der Waals surface area contributed by atoms with Gasteiger partial charge in [-0.05, 0) is 49.1 Å². The molecule has 1 amide bonds. The lowest BCUT2D eigenvalue weighted by Crippen LogP contribution is -2.58. The third kappa shape index (κ3) is 5.23. The summed E-state index contributed by atoms with van der Waals surface area (Å²) in [6.07, 6.45) is -1.01. The first-order valence-electron chi connectivity index (χ1n) is 9.86. The number of aliphatic carboxylic acids is 1. The number of aliphatic hydroxyl groups excluding tert-OH is 1. The van der Waals surface area contributed by atoms with Crippen molar-refractivity contribution in [3.8, 4) is 5.75 Å². The minimum atomic E-state index is -1.58. The van der Waals surface area contributed by atoms with Crippen LogP contribution in [0.1, 0.15) is 27.9 Å². The first-order chi connectivity index (χ1) is 15.2. The predicted molar refractivity (Wildman–Crippen MR) is 113 cm³/mol. The molecule has 3 rings (SSSR count). The van der Waals surface area contributed by atoms with Crippen molar-refractivity contribution in [1.82, 2.24) is 4.90 Å². The van der Waals surface area contributed by atoms with Crippen LogP contribution in [0.4, 0.5) is 4.39 Å². The Morgan fingerprint density at radius 1 is 1.25 bits per heavy atom. The molecule has 0 bridgehead atoms. The Bertz CT molecular complexity index is 963. The van der Waals surface area contributed by atoms with Crippen molar-refractivity contribution in [2.24, 2.45) is 5.41 Å². The minimum Gasteiger partial charge on any atom is -0.496 e.